The Bertz CT molecular complexity index is 319. The number of ketones is 1. The number of likely N-dealkylation sites (tertiary alicyclic amines) is 2. The Morgan fingerprint density at radius 1 is 0.864 bits per heavy atom. The number of rotatable bonds is 6. The highest BCUT2D eigenvalue weighted by atomic mass is 79.9. The molecule has 0 N–H and O–H groups in total. The molecule has 2 unspecified atom stereocenters. The van der Waals surface area contributed by atoms with Crippen molar-refractivity contribution in [3.8, 4) is 0 Å². The quantitative estimate of drug-likeness (QED) is 0.595. The lowest BCUT2D eigenvalue weighted by Crippen LogP contribution is -2.42. The van der Waals surface area contributed by atoms with Crippen molar-refractivity contribution in [3.05, 3.63) is 0 Å². The zero-order valence-electron chi connectivity index (χ0n) is 13.9. The molecule has 0 aromatic rings. The lowest BCUT2D eigenvalue weighted by molar-refractivity contribution is -0.129. The first-order valence-corrected chi connectivity index (χ1v) is 10.8. The predicted molar refractivity (Wildman–Crippen MR) is 100 cm³/mol. The highest BCUT2D eigenvalue weighted by molar-refractivity contribution is 9.09. The minimum Gasteiger partial charge on any atom is -0.306 e. The van der Waals surface area contributed by atoms with Crippen LogP contribution < -0.4 is 0 Å². The van der Waals surface area contributed by atoms with E-state index in [4.69, 9.17) is 0 Å². The summed E-state index contributed by atoms with van der Waals surface area (Å²) in [5.41, 5.74) is 0. The molecule has 2 rings (SSSR count). The van der Waals surface area contributed by atoms with Crippen molar-refractivity contribution in [1.82, 2.24) is 9.80 Å². The molecule has 0 aromatic carbocycles. The van der Waals surface area contributed by atoms with Crippen LogP contribution in [0.1, 0.15) is 25.7 Å². The summed E-state index contributed by atoms with van der Waals surface area (Å²) in [6, 6.07) is 0. The van der Waals surface area contributed by atoms with Crippen molar-refractivity contribution in [2.75, 3.05) is 50.9 Å². The molecular weight excluding hydrogens is 408 g/mol. The van der Waals surface area contributed by atoms with Crippen LogP contribution in [0.5, 0.6) is 0 Å². The molecule has 2 saturated heterocycles. The molecule has 2 atom stereocenters. The van der Waals surface area contributed by atoms with Gasteiger partial charge in [0, 0.05) is 22.5 Å². The summed E-state index contributed by atoms with van der Waals surface area (Å²) in [6.07, 6.45) is 4.67. The molecule has 0 spiro atoms. The molecule has 0 bridgehead atoms. The summed E-state index contributed by atoms with van der Waals surface area (Å²) < 4.78 is 0. The first-order chi connectivity index (χ1) is 10.6. The fraction of sp³-hybridized carbons (Fsp3) is 0.941. The number of carbonyl (C=O) groups is 1. The van der Waals surface area contributed by atoms with Gasteiger partial charge >= 0.3 is 0 Å². The number of piperidine rings is 2. The summed E-state index contributed by atoms with van der Waals surface area (Å²) in [5, 5.41) is 1.66. The third-order valence-corrected chi connectivity index (χ3v) is 7.12. The van der Waals surface area contributed by atoms with Crippen LogP contribution in [-0.4, -0.2) is 66.5 Å². The third-order valence-electron chi connectivity index (χ3n) is 5.73. The smallest absolute Gasteiger partial charge is 0.141 e. The molecule has 3 nitrogen and oxygen atoms in total. The second-order valence-corrected chi connectivity index (χ2v) is 8.50. The lowest BCUT2D eigenvalue weighted by Gasteiger charge is -2.37. The Labute approximate surface area is 152 Å². The summed E-state index contributed by atoms with van der Waals surface area (Å²) in [5.74, 6) is 2.05. The molecule has 0 saturated carbocycles. The fourth-order valence-corrected chi connectivity index (χ4v) is 5.70. The number of halogens is 2. The van der Waals surface area contributed by atoms with Gasteiger partial charge in [-0.3, -0.25) is 4.79 Å². The highest BCUT2D eigenvalue weighted by Crippen LogP contribution is 2.34. The van der Waals surface area contributed by atoms with Gasteiger partial charge in [-0.1, -0.05) is 31.9 Å². The maximum atomic E-state index is 13.2. The van der Waals surface area contributed by atoms with E-state index in [9.17, 15) is 4.79 Å². The topological polar surface area (TPSA) is 23.6 Å². The van der Waals surface area contributed by atoms with Gasteiger partial charge in [0.15, 0.2) is 0 Å². The van der Waals surface area contributed by atoms with Crippen LogP contribution in [0.15, 0.2) is 0 Å². The van der Waals surface area contributed by atoms with Gasteiger partial charge in [0.1, 0.15) is 5.78 Å². The molecule has 5 heteroatoms. The zero-order valence-corrected chi connectivity index (χ0v) is 17.1. The SMILES string of the molecule is CN1CCC(C(CBr)C(=O)C(CBr)C2CCN(C)CC2)CC1. The summed E-state index contributed by atoms with van der Waals surface area (Å²) >= 11 is 7.28. The molecule has 2 heterocycles. The van der Waals surface area contributed by atoms with Gasteiger partial charge in [0.05, 0.1) is 0 Å². The number of Topliss-reactive ketones (excluding diaryl/α,β-unsaturated/α-hetero) is 1. The van der Waals surface area contributed by atoms with Crippen molar-refractivity contribution in [1.29, 1.82) is 0 Å². The van der Waals surface area contributed by atoms with E-state index in [1.165, 1.54) is 25.7 Å². The molecule has 128 valence electrons. The minimum absolute atomic E-state index is 0.205. The molecule has 0 amide bonds. The Morgan fingerprint density at radius 2 is 1.18 bits per heavy atom. The van der Waals surface area contributed by atoms with E-state index < -0.39 is 0 Å². The van der Waals surface area contributed by atoms with Gasteiger partial charge in [-0.15, -0.1) is 0 Å². The molecule has 0 radical (unpaired) electrons. The van der Waals surface area contributed by atoms with Crippen LogP contribution in [0.4, 0.5) is 0 Å². The van der Waals surface area contributed by atoms with E-state index in [1.807, 2.05) is 0 Å². The Kier molecular flexibility index (Phi) is 7.85. The van der Waals surface area contributed by atoms with Crippen molar-refractivity contribution in [2.24, 2.45) is 23.7 Å². The van der Waals surface area contributed by atoms with E-state index in [1.54, 1.807) is 0 Å². The average Bonchev–Trinajstić information content (AvgIpc) is 2.52. The second kappa shape index (κ2) is 9.14. The van der Waals surface area contributed by atoms with Gasteiger partial charge in [-0.25, -0.2) is 0 Å². The average molecular weight is 438 g/mol. The van der Waals surface area contributed by atoms with Crippen LogP contribution in [0, 0.1) is 23.7 Å². The zero-order chi connectivity index (χ0) is 16.1. The highest BCUT2D eigenvalue weighted by Gasteiger charge is 2.37. The van der Waals surface area contributed by atoms with E-state index in [2.05, 4.69) is 55.8 Å². The lowest BCUT2D eigenvalue weighted by atomic mass is 9.74. The number of hydrogen-bond donors (Lipinski definition) is 0. The standard InChI is InChI=1S/C17H30Br2N2O/c1-20-7-3-13(4-8-20)15(11-18)17(22)16(12-19)14-5-9-21(2)10-6-14/h13-16H,3-12H2,1-2H3. The van der Waals surface area contributed by atoms with Crippen molar-refractivity contribution in [3.63, 3.8) is 0 Å². The molecule has 2 aliphatic rings. The Morgan fingerprint density at radius 3 is 1.45 bits per heavy atom. The van der Waals surface area contributed by atoms with Crippen molar-refractivity contribution < 1.29 is 4.79 Å². The minimum atomic E-state index is 0.205. The molecule has 2 aliphatic heterocycles. The van der Waals surface area contributed by atoms with Crippen LogP contribution in [0.25, 0.3) is 0 Å². The van der Waals surface area contributed by atoms with Gasteiger partial charge in [-0.05, 0) is 77.8 Å². The first-order valence-electron chi connectivity index (χ1n) is 8.59. The van der Waals surface area contributed by atoms with Crippen LogP contribution in [0.2, 0.25) is 0 Å². The van der Waals surface area contributed by atoms with Gasteiger partial charge < -0.3 is 9.80 Å². The molecule has 0 aromatic heterocycles. The predicted octanol–water partition coefficient (Wildman–Crippen LogP) is 3.26. The van der Waals surface area contributed by atoms with Gasteiger partial charge in [-0.2, -0.15) is 0 Å². The first kappa shape index (κ1) is 18.9. The number of carbonyl (C=O) groups excluding carboxylic acids is 1. The second-order valence-electron chi connectivity index (χ2n) is 7.21. The van der Waals surface area contributed by atoms with Crippen LogP contribution >= 0.6 is 31.9 Å². The molecule has 0 aliphatic carbocycles. The molecular formula is C17H30Br2N2O. The van der Waals surface area contributed by atoms with Crippen LogP contribution in [0.3, 0.4) is 0 Å². The number of nitrogens with zero attached hydrogens (tertiary/aromatic N) is 2. The summed E-state index contributed by atoms with van der Waals surface area (Å²) in [6.45, 7) is 4.53. The maximum absolute atomic E-state index is 13.2. The Hall–Kier alpha value is 0.550. The fourth-order valence-electron chi connectivity index (χ4n) is 4.01. The van der Waals surface area contributed by atoms with E-state index in [-0.39, 0.29) is 11.8 Å². The number of hydrogen-bond acceptors (Lipinski definition) is 3. The van der Waals surface area contributed by atoms with E-state index in [0.29, 0.717) is 17.6 Å². The van der Waals surface area contributed by atoms with Crippen LogP contribution in [-0.2, 0) is 4.79 Å². The maximum Gasteiger partial charge on any atom is 0.141 e. The van der Waals surface area contributed by atoms with Gasteiger partial charge in [0.2, 0.25) is 0 Å². The number of alkyl halides is 2. The molecule has 2 fully saturated rings. The monoisotopic (exact) mass is 436 g/mol. The Balaban J connectivity index is 1.98. The van der Waals surface area contributed by atoms with Gasteiger partial charge in [0.25, 0.3) is 0 Å². The van der Waals surface area contributed by atoms with Crippen molar-refractivity contribution in [2.45, 2.75) is 25.7 Å². The van der Waals surface area contributed by atoms with E-state index >= 15 is 0 Å². The largest absolute Gasteiger partial charge is 0.306 e. The van der Waals surface area contributed by atoms with E-state index in [0.717, 1.165) is 36.8 Å². The summed E-state index contributed by atoms with van der Waals surface area (Å²) in [7, 11) is 4.36. The third kappa shape index (κ3) is 4.78. The normalized spacial score (nSPS) is 26.0. The molecule has 22 heavy (non-hydrogen) atoms. The summed E-state index contributed by atoms with van der Waals surface area (Å²) in [4.78, 5) is 17.9. The van der Waals surface area contributed by atoms with Crippen molar-refractivity contribution >= 4 is 37.6 Å².